The molecule has 5 heteroatoms. The zero-order chi connectivity index (χ0) is 14.4. The summed E-state index contributed by atoms with van der Waals surface area (Å²) >= 11 is 0. The molecule has 1 aliphatic carbocycles. The lowest BCUT2D eigenvalue weighted by Crippen LogP contribution is -2.53. The van der Waals surface area contributed by atoms with Crippen LogP contribution in [0.3, 0.4) is 0 Å². The molecule has 0 amide bonds. The van der Waals surface area contributed by atoms with Crippen molar-refractivity contribution in [2.45, 2.75) is 44.7 Å². The number of imidazole rings is 1. The van der Waals surface area contributed by atoms with Gasteiger partial charge in [0.15, 0.2) is 0 Å². The van der Waals surface area contributed by atoms with Gasteiger partial charge in [0.1, 0.15) is 0 Å². The molecule has 0 aromatic carbocycles. The van der Waals surface area contributed by atoms with Gasteiger partial charge in [-0.15, -0.1) is 0 Å². The molecule has 1 heterocycles. The van der Waals surface area contributed by atoms with Crippen molar-refractivity contribution in [2.24, 2.45) is 0 Å². The highest BCUT2D eigenvalue weighted by Gasteiger charge is 2.39. The number of likely N-dealkylation sites (N-methyl/N-ethyl adjacent to an activating group) is 1. The van der Waals surface area contributed by atoms with E-state index in [9.17, 15) is 0 Å². The van der Waals surface area contributed by atoms with Gasteiger partial charge in [0.25, 0.3) is 0 Å². The largest absolute Gasteiger partial charge is 0.382 e. The molecule has 0 bridgehead atoms. The van der Waals surface area contributed by atoms with Crippen molar-refractivity contribution >= 4 is 5.95 Å². The molecule has 0 radical (unpaired) electrons. The summed E-state index contributed by atoms with van der Waals surface area (Å²) in [6, 6.07) is 0. The minimum Gasteiger partial charge on any atom is -0.382 e. The maximum Gasteiger partial charge on any atom is 0.202 e. The van der Waals surface area contributed by atoms with E-state index in [1.165, 1.54) is 19.3 Å². The van der Waals surface area contributed by atoms with Gasteiger partial charge in [0, 0.05) is 44.2 Å². The number of nitrogens with zero attached hydrogens (tertiary/aromatic N) is 3. The fraction of sp³-hybridized carbons (Fsp3) is 0.800. The molecule has 0 saturated heterocycles. The molecule has 1 N–H and O–H groups in total. The average Bonchev–Trinajstić information content (AvgIpc) is 2.80. The van der Waals surface area contributed by atoms with E-state index < -0.39 is 0 Å². The molecule has 0 unspecified atom stereocenters. The van der Waals surface area contributed by atoms with E-state index >= 15 is 0 Å². The summed E-state index contributed by atoms with van der Waals surface area (Å²) in [5.74, 6) is 0.981. The molecule has 0 atom stereocenters. The van der Waals surface area contributed by atoms with Gasteiger partial charge in [-0.05, 0) is 46.7 Å². The molecule has 1 aliphatic rings. The Hall–Kier alpha value is -1.07. The zero-order valence-corrected chi connectivity index (χ0v) is 13.1. The highest BCUT2D eigenvalue weighted by Crippen LogP contribution is 2.38. The van der Waals surface area contributed by atoms with Gasteiger partial charge in [-0.1, -0.05) is 0 Å². The smallest absolute Gasteiger partial charge is 0.202 e. The van der Waals surface area contributed by atoms with Crippen LogP contribution in [0.2, 0.25) is 0 Å². The predicted molar refractivity (Wildman–Crippen MR) is 82.1 cm³/mol. The van der Waals surface area contributed by atoms with E-state index in [2.05, 4.69) is 40.1 Å². The van der Waals surface area contributed by atoms with Crippen molar-refractivity contribution in [1.29, 1.82) is 0 Å². The molecule has 20 heavy (non-hydrogen) atoms. The molecule has 1 aromatic heterocycles. The first-order valence-electron chi connectivity index (χ1n) is 7.68. The molecule has 1 fully saturated rings. The lowest BCUT2D eigenvalue weighted by atomic mass is 9.75. The van der Waals surface area contributed by atoms with E-state index in [4.69, 9.17) is 4.74 Å². The highest BCUT2D eigenvalue weighted by atomic mass is 16.5. The Kier molecular flexibility index (Phi) is 5.43. The third kappa shape index (κ3) is 3.52. The van der Waals surface area contributed by atoms with Crippen LogP contribution in [0.5, 0.6) is 0 Å². The van der Waals surface area contributed by atoms with E-state index in [1.54, 1.807) is 0 Å². The molecule has 114 valence electrons. The van der Waals surface area contributed by atoms with Gasteiger partial charge < -0.3 is 19.5 Å². The fourth-order valence-electron chi connectivity index (χ4n) is 2.77. The van der Waals surface area contributed by atoms with E-state index in [1.807, 2.05) is 13.1 Å². The SMILES string of the molecule is CCOCCCNc1nccn1CC1(N(C)C)CCC1. The number of hydrogen-bond donors (Lipinski definition) is 1. The van der Waals surface area contributed by atoms with Gasteiger partial charge in [0.2, 0.25) is 5.95 Å². The molecule has 1 aromatic rings. The van der Waals surface area contributed by atoms with Crippen molar-refractivity contribution in [3.8, 4) is 0 Å². The minimum atomic E-state index is 0.322. The molecule has 0 spiro atoms. The lowest BCUT2D eigenvalue weighted by Gasteiger charge is -2.47. The van der Waals surface area contributed by atoms with Crippen LogP contribution >= 0.6 is 0 Å². The molecule has 5 nitrogen and oxygen atoms in total. The maximum absolute atomic E-state index is 5.35. The number of anilines is 1. The first-order chi connectivity index (χ1) is 9.68. The third-order valence-corrected chi connectivity index (χ3v) is 4.37. The van der Waals surface area contributed by atoms with Crippen LogP contribution in [0.15, 0.2) is 12.4 Å². The van der Waals surface area contributed by atoms with Gasteiger partial charge >= 0.3 is 0 Å². The van der Waals surface area contributed by atoms with E-state index in [0.717, 1.165) is 38.7 Å². The number of ether oxygens (including phenoxy) is 1. The second kappa shape index (κ2) is 7.09. The van der Waals surface area contributed by atoms with Crippen LogP contribution in [-0.4, -0.2) is 53.8 Å². The molecule has 0 aliphatic heterocycles. The normalized spacial score (nSPS) is 17.2. The molecular formula is C15H28N4O. The topological polar surface area (TPSA) is 42.3 Å². The van der Waals surface area contributed by atoms with E-state index in [-0.39, 0.29) is 0 Å². The quantitative estimate of drug-likeness (QED) is 0.704. The fourth-order valence-corrected chi connectivity index (χ4v) is 2.77. The highest BCUT2D eigenvalue weighted by molar-refractivity contribution is 5.26. The standard InChI is InChI=1S/C15H28N4O/c1-4-20-12-6-9-16-14-17-10-11-19(14)13-15(18(2)3)7-5-8-15/h10-11H,4-9,12-13H2,1-3H3,(H,16,17). The Labute approximate surface area is 122 Å². The summed E-state index contributed by atoms with van der Waals surface area (Å²) < 4.78 is 7.60. The summed E-state index contributed by atoms with van der Waals surface area (Å²) in [5.41, 5.74) is 0.322. The Balaban J connectivity index is 1.85. The zero-order valence-electron chi connectivity index (χ0n) is 13.1. The molecule has 2 rings (SSSR count). The Bertz CT molecular complexity index is 398. The van der Waals surface area contributed by atoms with Crippen molar-refractivity contribution in [3.05, 3.63) is 12.4 Å². The summed E-state index contributed by atoms with van der Waals surface area (Å²) in [6.07, 6.45) is 8.87. The summed E-state index contributed by atoms with van der Waals surface area (Å²) in [6.45, 7) is 5.56. The van der Waals surface area contributed by atoms with Crippen molar-refractivity contribution < 1.29 is 4.74 Å². The Morgan fingerprint density at radius 2 is 2.25 bits per heavy atom. The van der Waals surface area contributed by atoms with Crippen LogP contribution in [0, 0.1) is 0 Å². The van der Waals surface area contributed by atoms with Gasteiger partial charge in [0.05, 0.1) is 0 Å². The number of aromatic nitrogens is 2. The van der Waals surface area contributed by atoms with Crippen molar-refractivity contribution in [2.75, 3.05) is 39.2 Å². The van der Waals surface area contributed by atoms with Crippen LogP contribution in [0.1, 0.15) is 32.6 Å². The molecule has 1 saturated carbocycles. The van der Waals surface area contributed by atoms with Crippen LogP contribution in [0.25, 0.3) is 0 Å². The monoisotopic (exact) mass is 280 g/mol. The number of nitrogens with one attached hydrogen (secondary N) is 1. The first-order valence-corrected chi connectivity index (χ1v) is 7.68. The third-order valence-electron chi connectivity index (χ3n) is 4.37. The van der Waals surface area contributed by atoms with E-state index in [0.29, 0.717) is 5.54 Å². The summed E-state index contributed by atoms with van der Waals surface area (Å²) in [5, 5.41) is 3.42. The van der Waals surface area contributed by atoms with Crippen LogP contribution in [-0.2, 0) is 11.3 Å². The van der Waals surface area contributed by atoms with Crippen LogP contribution in [0.4, 0.5) is 5.95 Å². The maximum atomic E-state index is 5.35. The van der Waals surface area contributed by atoms with Gasteiger partial charge in [-0.3, -0.25) is 0 Å². The minimum absolute atomic E-state index is 0.322. The predicted octanol–water partition coefficient (Wildman–Crippen LogP) is 2.21. The number of rotatable bonds is 9. The first kappa shape index (κ1) is 15.3. The Morgan fingerprint density at radius 1 is 1.45 bits per heavy atom. The lowest BCUT2D eigenvalue weighted by molar-refractivity contribution is 0.0429. The van der Waals surface area contributed by atoms with Crippen LogP contribution < -0.4 is 5.32 Å². The molecular weight excluding hydrogens is 252 g/mol. The summed E-state index contributed by atoms with van der Waals surface area (Å²) in [4.78, 5) is 6.80. The average molecular weight is 280 g/mol. The second-order valence-electron chi connectivity index (χ2n) is 5.83. The summed E-state index contributed by atoms with van der Waals surface area (Å²) in [7, 11) is 4.37. The number of hydrogen-bond acceptors (Lipinski definition) is 4. The van der Waals surface area contributed by atoms with Crippen molar-refractivity contribution in [3.63, 3.8) is 0 Å². The van der Waals surface area contributed by atoms with Gasteiger partial charge in [-0.25, -0.2) is 4.98 Å². The Morgan fingerprint density at radius 3 is 2.85 bits per heavy atom. The van der Waals surface area contributed by atoms with Gasteiger partial charge in [-0.2, -0.15) is 0 Å². The second-order valence-corrected chi connectivity index (χ2v) is 5.83. The van der Waals surface area contributed by atoms with Crippen molar-refractivity contribution in [1.82, 2.24) is 14.5 Å².